The van der Waals surface area contributed by atoms with E-state index in [-0.39, 0.29) is 0 Å². The topological polar surface area (TPSA) is 70.3 Å². The molecule has 1 fully saturated rings. The van der Waals surface area contributed by atoms with Crippen molar-refractivity contribution in [3.8, 4) is 0 Å². The fourth-order valence-corrected chi connectivity index (χ4v) is 3.00. The molecule has 0 unspecified atom stereocenters. The van der Waals surface area contributed by atoms with Crippen molar-refractivity contribution in [3.05, 3.63) is 11.4 Å². The van der Waals surface area contributed by atoms with Gasteiger partial charge in [0.05, 0.1) is 0 Å². The standard InChI is InChI=1S/C15H28N6/c1-5-13-17-14(19-16)11(2)15(18-13)21-8-6-12(7-9-21)10-20(3)4/h12H,5-10,16H2,1-4H3,(H,17,18,19). The lowest BCUT2D eigenvalue weighted by Crippen LogP contribution is -2.38. The fraction of sp³-hybridized carbons (Fsp3) is 0.733. The molecule has 0 aliphatic carbocycles. The summed E-state index contributed by atoms with van der Waals surface area (Å²) in [5, 5.41) is 0. The van der Waals surface area contributed by atoms with Gasteiger partial charge in [-0.2, -0.15) is 0 Å². The first-order valence-corrected chi connectivity index (χ1v) is 7.79. The van der Waals surface area contributed by atoms with Gasteiger partial charge in [0.2, 0.25) is 0 Å². The Balaban J connectivity index is 2.12. The van der Waals surface area contributed by atoms with Gasteiger partial charge in [0.25, 0.3) is 0 Å². The molecule has 3 N–H and O–H groups in total. The maximum Gasteiger partial charge on any atom is 0.148 e. The zero-order chi connectivity index (χ0) is 15.4. The van der Waals surface area contributed by atoms with Crippen LogP contribution in [0.4, 0.5) is 11.6 Å². The zero-order valence-electron chi connectivity index (χ0n) is 13.7. The highest BCUT2D eigenvalue weighted by Crippen LogP contribution is 2.27. The maximum absolute atomic E-state index is 5.59. The molecule has 21 heavy (non-hydrogen) atoms. The minimum Gasteiger partial charge on any atom is -0.356 e. The molecule has 118 valence electrons. The van der Waals surface area contributed by atoms with E-state index >= 15 is 0 Å². The number of hydrazine groups is 1. The van der Waals surface area contributed by atoms with Crippen molar-refractivity contribution in [1.29, 1.82) is 0 Å². The fourth-order valence-electron chi connectivity index (χ4n) is 3.00. The van der Waals surface area contributed by atoms with Crippen molar-refractivity contribution in [3.63, 3.8) is 0 Å². The van der Waals surface area contributed by atoms with E-state index in [1.165, 1.54) is 19.4 Å². The Morgan fingerprint density at radius 2 is 1.95 bits per heavy atom. The van der Waals surface area contributed by atoms with E-state index in [0.717, 1.165) is 48.5 Å². The van der Waals surface area contributed by atoms with Gasteiger partial charge < -0.3 is 15.2 Å². The molecular weight excluding hydrogens is 264 g/mol. The Hall–Kier alpha value is -1.40. The van der Waals surface area contributed by atoms with E-state index < -0.39 is 0 Å². The molecular formula is C15H28N6. The van der Waals surface area contributed by atoms with Crippen LogP contribution in [-0.2, 0) is 6.42 Å². The second-order valence-corrected chi connectivity index (χ2v) is 6.13. The van der Waals surface area contributed by atoms with E-state index in [1.807, 2.05) is 6.92 Å². The van der Waals surface area contributed by atoms with Gasteiger partial charge in [-0.25, -0.2) is 15.8 Å². The van der Waals surface area contributed by atoms with Crippen molar-refractivity contribution in [2.75, 3.05) is 44.1 Å². The van der Waals surface area contributed by atoms with Crippen LogP contribution in [0.25, 0.3) is 0 Å². The molecule has 0 bridgehead atoms. The van der Waals surface area contributed by atoms with Crippen LogP contribution >= 0.6 is 0 Å². The molecule has 0 spiro atoms. The summed E-state index contributed by atoms with van der Waals surface area (Å²) in [6.07, 6.45) is 3.25. The van der Waals surface area contributed by atoms with Crippen molar-refractivity contribution in [2.24, 2.45) is 11.8 Å². The predicted molar refractivity (Wildman–Crippen MR) is 87.4 cm³/mol. The number of nitrogens with one attached hydrogen (secondary N) is 1. The van der Waals surface area contributed by atoms with Gasteiger partial charge >= 0.3 is 0 Å². The molecule has 0 aromatic carbocycles. The van der Waals surface area contributed by atoms with Gasteiger partial charge in [-0.05, 0) is 39.8 Å². The largest absolute Gasteiger partial charge is 0.356 e. The lowest BCUT2D eigenvalue weighted by molar-refractivity contribution is 0.284. The van der Waals surface area contributed by atoms with Crippen LogP contribution < -0.4 is 16.2 Å². The number of nitrogen functional groups attached to an aromatic ring is 1. The lowest BCUT2D eigenvalue weighted by atomic mass is 9.96. The van der Waals surface area contributed by atoms with Gasteiger partial charge in [-0.15, -0.1) is 0 Å². The lowest BCUT2D eigenvalue weighted by Gasteiger charge is -2.35. The number of nitrogens with two attached hydrogens (primary N) is 1. The normalized spacial score (nSPS) is 16.6. The number of anilines is 2. The molecule has 1 saturated heterocycles. The number of rotatable bonds is 5. The monoisotopic (exact) mass is 292 g/mol. The third-order valence-electron chi connectivity index (χ3n) is 4.16. The van der Waals surface area contributed by atoms with Gasteiger partial charge in [-0.3, -0.25) is 0 Å². The first-order chi connectivity index (χ1) is 10.0. The summed E-state index contributed by atoms with van der Waals surface area (Å²) >= 11 is 0. The van der Waals surface area contributed by atoms with Crippen LogP contribution in [0.5, 0.6) is 0 Å². The molecule has 0 amide bonds. The van der Waals surface area contributed by atoms with Crippen molar-refractivity contribution in [1.82, 2.24) is 14.9 Å². The summed E-state index contributed by atoms with van der Waals surface area (Å²) in [6.45, 7) is 7.40. The van der Waals surface area contributed by atoms with E-state index in [9.17, 15) is 0 Å². The van der Waals surface area contributed by atoms with Gasteiger partial charge in [0, 0.05) is 31.6 Å². The molecule has 6 nitrogen and oxygen atoms in total. The van der Waals surface area contributed by atoms with E-state index in [0.29, 0.717) is 0 Å². The van der Waals surface area contributed by atoms with Crippen molar-refractivity contribution in [2.45, 2.75) is 33.1 Å². The van der Waals surface area contributed by atoms with E-state index in [2.05, 4.69) is 41.2 Å². The number of hydrogen-bond acceptors (Lipinski definition) is 6. The Morgan fingerprint density at radius 1 is 1.29 bits per heavy atom. The van der Waals surface area contributed by atoms with E-state index in [4.69, 9.17) is 10.8 Å². The Bertz CT molecular complexity index is 465. The van der Waals surface area contributed by atoms with Crippen LogP contribution in [0.3, 0.4) is 0 Å². The quantitative estimate of drug-likeness (QED) is 0.632. The van der Waals surface area contributed by atoms with Crippen molar-refractivity contribution >= 4 is 11.6 Å². The highest BCUT2D eigenvalue weighted by atomic mass is 15.3. The molecule has 6 heteroatoms. The summed E-state index contributed by atoms with van der Waals surface area (Å²) in [5.41, 5.74) is 3.74. The Morgan fingerprint density at radius 3 is 2.48 bits per heavy atom. The van der Waals surface area contributed by atoms with Crippen LogP contribution in [0.1, 0.15) is 31.2 Å². The van der Waals surface area contributed by atoms with Crippen LogP contribution in [-0.4, -0.2) is 48.6 Å². The third kappa shape index (κ3) is 3.83. The minimum absolute atomic E-state index is 0.743. The Labute approximate surface area is 127 Å². The van der Waals surface area contributed by atoms with Gasteiger partial charge in [-0.1, -0.05) is 6.92 Å². The SMILES string of the molecule is CCc1nc(NN)c(C)c(N2CCC(CN(C)C)CC2)n1. The smallest absolute Gasteiger partial charge is 0.148 e. The molecule has 1 aromatic rings. The summed E-state index contributed by atoms with van der Waals surface area (Å²) in [5.74, 6) is 9.00. The molecule has 1 aliphatic rings. The number of hydrogen-bond donors (Lipinski definition) is 2. The Kier molecular flexibility index (Phi) is 5.36. The second kappa shape index (κ2) is 7.04. The molecule has 2 rings (SSSR count). The molecule has 0 atom stereocenters. The van der Waals surface area contributed by atoms with Gasteiger partial charge in [0.1, 0.15) is 17.5 Å². The summed E-state index contributed by atoms with van der Waals surface area (Å²) in [4.78, 5) is 13.8. The first kappa shape index (κ1) is 16.0. The third-order valence-corrected chi connectivity index (χ3v) is 4.16. The second-order valence-electron chi connectivity index (χ2n) is 6.13. The highest BCUT2D eigenvalue weighted by molar-refractivity contribution is 5.58. The maximum atomic E-state index is 5.59. The van der Waals surface area contributed by atoms with E-state index in [1.54, 1.807) is 0 Å². The summed E-state index contributed by atoms with van der Waals surface area (Å²) < 4.78 is 0. The number of aromatic nitrogens is 2. The molecule has 0 saturated carbocycles. The van der Waals surface area contributed by atoms with Crippen LogP contribution in [0, 0.1) is 12.8 Å². The minimum atomic E-state index is 0.743. The van der Waals surface area contributed by atoms with Gasteiger partial charge in [0.15, 0.2) is 0 Å². The highest BCUT2D eigenvalue weighted by Gasteiger charge is 2.23. The molecule has 2 heterocycles. The zero-order valence-corrected chi connectivity index (χ0v) is 13.7. The predicted octanol–water partition coefficient (Wildman–Crippen LogP) is 1.41. The number of aryl methyl sites for hydroxylation is 1. The average molecular weight is 292 g/mol. The molecule has 1 aromatic heterocycles. The van der Waals surface area contributed by atoms with Crippen LogP contribution in [0.2, 0.25) is 0 Å². The summed E-state index contributed by atoms with van der Waals surface area (Å²) in [6, 6.07) is 0. The average Bonchev–Trinajstić information content (AvgIpc) is 2.48. The summed E-state index contributed by atoms with van der Waals surface area (Å²) in [7, 11) is 4.29. The molecule has 1 aliphatic heterocycles. The number of nitrogens with zero attached hydrogens (tertiary/aromatic N) is 4. The number of piperidine rings is 1. The first-order valence-electron chi connectivity index (χ1n) is 7.79. The van der Waals surface area contributed by atoms with Crippen molar-refractivity contribution < 1.29 is 0 Å². The van der Waals surface area contributed by atoms with Crippen LogP contribution in [0.15, 0.2) is 0 Å². The molecule has 0 radical (unpaired) electrons.